The van der Waals surface area contributed by atoms with Crippen molar-refractivity contribution in [1.82, 2.24) is 9.78 Å². The van der Waals surface area contributed by atoms with Gasteiger partial charge in [-0.25, -0.2) is 9.07 Å². The lowest BCUT2D eigenvalue weighted by molar-refractivity contribution is 0.626. The van der Waals surface area contributed by atoms with E-state index in [4.69, 9.17) is 28.9 Å². The molecule has 3 nitrogen and oxygen atoms in total. The van der Waals surface area contributed by atoms with Gasteiger partial charge in [0.25, 0.3) is 0 Å². The molecule has 3 aromatic rings. The first-order chi connectivity index (χ1) is 10.0. The molecule has 0 atom stereocenters. The summed E-state index contributed by atoms with van der Waals surface area (Å²) in [6.07, 6.45) is 0. The van der Waals surface area contributed by atoms with Gasteiger partial charge in [0.15, 0.2) is 0 Å². The van der Waals surface area contributed by atoms with Gasteiger partial charge >= 0.3 is 0 Å². The molecule has 21 heavy (non-hydrogen) atoms. The third-order valence-electron chi connectivity index (χ3n) is 3.02. The minimum atomic E-state index is -0.517. The fraction of sp³-hybridized carbons (Fsp3) is 0. The third kappa shape index (κ3) is 2.73. The second kappa shape index (κ2) is 5.39. The monoisotopic (exact) mass is 321 g/mol. The normalized spacial score (nSPS) is 10.8. The molecule has 106 valence electrons. The number of hydrogen-bond donors (Lipinski definition) is 1. The van der Waals surface area contributed by atoms with Gasteiger partial charge in [-0.3, -0.25) is 0 Å². The predicted molar refractivity (Wildman–Crippen MR) is 83.4 cm³/mol. The molecule has 1 aromatic heterocycles. The molecule has 0 amide bonds. The van der Waals surface area contributed by atoms with Crippen molar-refractivity contribution in [3.05, 3.63) is 64.4 Å². The van der Waals surface area contributed by atoms with E-state index in [-0.39, 0.29) is 5.02 Å². The average Bonchev–Trinajstić information content (AvgIpc) is 2.85. The van der Waals surface area contributed by atoms with Gasteiger partial charge in [0.2, 0.25) is 0 Å². The second-order valence-corrected chi connectivity index (χ2v) is 5.32. The van der Waals surface area contributed by atoms with Crippen molar-refractivity contribution in [2.45, 2.75) is 0 Å². The molecule has 1 heterocycles. The predicted octanol–water partition coefficient (Wildman–Crippen LogP) is 4.57. The molecule has 2 aromatic carbocycles. The Bertz CT molecular complexity index is 797. The van der Waals surface area contributed by atoms with Crippen molar-refractivity contribution in [3.8, 4) is 16.9 Å². The van der Waals surface area contributed by atoms with Crippen LogP contribution in [0.2, 0.25) is 10.0 Å². The van der Waals surface area contributed by atoms with E-state index in [1.54, 1.807) is 24.3 Å². The van der Waals surface area contributed by atoms with Crippen molar-refractivity contribution in [3.63, 3.8) is 0 Å². The van der Waals surface area contributed by atoms with Crippen LogP contribution in [0.3, 0.4) is 0 Å². The molecule has 0 aliphatic heterocycles. The fourth-order valence-electron chi connectivity index (χ4n) is 1.98. The van der Waals surface area contributed by atoms with Gasteiger partial charge in [-0.05, 0) is 24.3 Å². The molecule has 6 heteroatoms. The summed E-state index contributed by atoms with van der Waals surface area (Å²) in [6.45, 7) is 0. The number of anilines is 1. The summed E-state index contributed by atoms with van der Waals surface area (Å²) < 4.78 is 15.0. The van der Waals surface area contributed by atoms with E-state index in [0.717, 1.165) is 5.56 Å². The Morgan fingerprint density at radius 2 is 1.71 bits per heavy atom. The average molecular weight is 322 g/mol. The lowest BCUT2D eigenvalue weighted by Gasteiger charge is -2.04. The van der Waals surface area contributed by atoms with Gasteiger partial charge in [-0.15, -0.1) is 0 Å². The van der Waals surface area contributed by atoms with Crippen LogP contribution < -0.4 is 5.73 Å². The molecule has 0 unspecified atom stereocenters. The highest BCUT2D eigenvalue weighted by molar-refractivity contribution is 6.31. The van der Waals surface area contributed by atoms with Crippen molar-refractivity contribution in [2.24, 2.45) is 0 Å². The van der Waals surface area contributed by atoms with Gasteiger partial charge in [0.05, 0.1) is 16.4 Å². The number of rotatable bonds is 2. The van der Waals surface area contributed by atoms with E-state index < -0.39 is 5.82 Å². The Morgan fingerprint density at radius 3 is 2.38 bits per heavy atom. The quantitative estimate of drug-likeness (QED) is 0.751. The van der Waals surface area contributed by atoms with E-state index >= 15 is 0 Å². The molecule has 3 rings (SSSR count). The Balaban J connectivity index is 2.05. The fourth-order valence-corrected chi connectivity index (χ4v) is 2.22. The van der Waals surface area contributed by atoms with Crippen LogP contribution in [-0.4, -0.2) is 9.78 Å². The summed E-state index contributed by atoms with van der Waals surface area (Å²) in [5.74, 6) is -0.112. The van der Waals surface area contributed by atoms with Crippen LogP contribution in [0.5, 0.6) is 0 Å². The summed E-state index contributed by atoms with van der Waals surface area (Å²) in [5.41, 5.74) is 8.01. The highest BCUT2D eigenvalue weighted by Crippen LogP contribution is 2.25. The van der Waals surface area contributed by atoms with Crippen LogP contribution in [0.1, 0.15) is 0 Å². The van der Waals surface area contributed by atoms with Crippen molar-refractivity contribution < 1.29 is 4.39 Å². The molecule has 0 spiro atoms. The Morgan fingerprint density at radius 1 is 1.00 bits per heavy atom. The van der Waals surface area contributed by atoms with Crippen LogP contribution in [0.15, 0.2) is 48.5 Å². The topological polar surface area (TPSA) is 43.8 Å². The maximum atomic E-state index is 13.5. The Kier molecular flexibility index (Phi) is 3.57. The molecule has 0 bridgehead atoms. The number of nitrogen functional groups attached to an aromatic ring is 1. The molecule has 0 radical (unpaired) electrons. The zero-order valence-corrected chi connectivity index (χ0v) is 12.2. The molecule has 0 aliphatic carbocycles. The standard InChI is InChI=1S/C15H10Cl2FN3/c16-10-3-1-9(2-4-10)14-8-15(19)21(20-14)11-5-6-12(17)13(18)7-11/h1-8H,19H2. The van der Waals surface area contributed by atoms with Gasteiger partial charge in [0.1, 0.15) is 11.6 Å². The number of benzene rings is 2. The zero-order valence-electron chi connectivity index (χ0n) is 10.7. The highest BCUT2D eigenvalue weighted by atomic mass is 35.5. The maximum Gasteiger partial charge on any atom is 0.143 e. The van der Waals surface area contributed by atoms with Crippen molar-refractivity contribution in [1.29, 1.82) is 0 Å². The first kappa shape index (κ1) is 13.9. The summed E-state index contributed by atoms with van der Waals surface area (Å²) in [7, 11) is 0. The first-order valence-corrected chi connectivity index (χ1v) is 6.87. The van der Waals surface area contributed by atoms with Crippen molar-refractivity contribution in [2.75, 3.05) is 5.73 Å². The van der Waals surface area contributed by atoms with E-state index in [9.17, 15) is 4.39 Å². The number of nitrogens with two attached hydrogens (primary N) is 1. The lowest BCUT2D eigenvalue weighted by Crippen LogP contribution is -2.02. The van der Waals surface area contributed by atoms with Crippen LogP contribution >= 0.6 is 23.2 Å². The van der Waals surface area contributed by atoms with Crippen LogP contribution in [0.4, 0.5) is 10.2 Å². The number of aromatic nitrogens is 2. The molecule has 0 saturated carbocycles. The summed E-state index contributed by atoms with van der Waals surface area (Å²) in [6, 6.07) is 13.4. The number of nitrogens with zero attached hydrogens (tertiary/aromatic N) is 2. The molecule has 0 fully saturated rings. The number of halogens is 3. The minimum absolute atomic E-state index is 0.0578. The molecule has 2 N–H and O–H groups in total. The Hall–Kier alpha value is -2.04. The zero-order chi connectivity index (χ0) is 15.0. The van der Waals surface area contributed by atoms with Crippen molar-refractivity contribution >= 4 is 29.0 Å². The van der Waals surface area contributed by atoms with Crippen LogP contribution in [-0.2, 0) is 0 Å². The summed E-state index contributed by atoms with van der Waals surface area (Å²) in [5, 5.41) is 5.09. The first-order valence-electron chi connectivity index (χ1n) is 6.11. The molecule has 0 saturated heterocycles. The van der Waals surface area contributed by atoms with E-state index in [0.29, 0.717) is 22.2 Å². The van der Waals surface area contributed by atoms with Crippen LogP contribution in [0, 0.1) is 5.82 Å². The molecular weight excluding hydrogens is 312 g/mol. The molecule has 0 aliphatic rings. The highest BCUT2D eigenvalue weighted by Gasteiger charge is 2.10. The molecular formula is C15H10Cl2FN3. The van der Waals surface area contributed by atoms with E-state index in [2.05, 4.69) is 5.10 Å². The third-order valence-corrected chi connectivity index (χ3v) is 3.58. The van der Waals surface area contributed by atoms with Gasteiger partial charge in [-0.2, -0.15) is 5.10 Å². The smallest absolute Gasteiger partial charge is 0.143 e. The van der Waals surface area contributed by atoms with Crippen LogP contribution in [0.25, 0.3) is 16.9 Å². The maximum absolute atomic E-state index is 13.5. The van der Waals surface area contributed by atoms with E-state index in [1.807, 2.05) is 12.1 Å². The minimum Gasteiger partial charge on any atom is -0.384 e. The lowest BCUT2D eigenvalue weighted by atomic mass is 10.1. The summed E-state index contributed by atoms with van der Waals surface area (Å²) in [4.78, 5) is 0. The van der Waals surface area contributed by atoms with Gasteiger partial charge in [-0.1, -0.05) is 35.3 Å². The van der Waals surface area contributed by atoms with Gasteiger partial charge < -0.3 is 5.73 Å². The largest absolute Gasteiger partial charge is 0.384 e. The van der Waals surface area contributed by atoms with Gasteiger partial charge in [0, 0.05) is 22.7 Å². The SMILES string of the molecule is Nc1cc(-c2ccc(Cl)cc2)nn1-c1ccc(Cl)c(F)c1. The number of hydrogen-bond acceptors (Lipinski definition) is 2. The summed E-state index contributed by atoms with van der Waals surface area (Å²) >= 11 is 11.5. The second-order valence-electron chi connectivity index (χ2n) is 4.47. The van der Waals surface area contributed by atoms with E-state index in [1.165, 1.54) is 16.8 Å². The Labute approximate surface area is 130 Å².